The third-order valence-electron chi connectivity index (χ3n) is 4.87. The fourth-order valence-electron chi connectivity index (χ4n) is 3.35. The molecule has 0 atom stereocenters. The van der Waals surface area contributed by atoms with Gasteiger partial charge in [0.15, 0.2) is 11.5 Å². The summed E-state index contributed by atoms with van der Waals surface area (Å²) in [6.45, 7) is 1.02. The van der Waals surface area contributed by atoms with E-state index in [0.29, 0.717) is 40.9 Å². The molecule has 2 aromatic carbocycles. The number of hydrogen-bond donors (Lipinski definition) is 3. The molecule has 1 aliphatic heterocycles. The number of amides is 2. The van der Waals surface area contributed by atoms with Crippen molar-refractivity contribution in [2.75, 3.05) is 13.2 Å². The zero-order valence-electron chi connectivity index (χ0n) is 16.8. The van der Waals surface area contributed by atoms with Gasteiger partial charge in [0.2, 0.25) is 0 Å². The van der Waals surface area contributed by atoms with E-state index in [1.807, 2.05) is 42.5 Å². The summed E-state index contributed by atoms with van der Waals surface area (Å²) in [5.41, 5.74) is 6.58. The highest BCUT2D eigenvalue weighted by Gasteiger charge is 2.18. The monoisotopic (exact) mass is 446 g/mol. The summed E-state index contributed by atoms with van der Waals surface area (Å²) < 4.78 is 11.2. The molecule has 3 N–H and O–H groups in total. The molecule has 0 saturated heterocycles. The molecule has 1 aliphatic rings. The third kappa shape index (κ3) is 3.97. The van der Waals surface area contributed by atoms with E-state index >= 15 is 0 Å². The summed E-state index contributed by atoms with van der Waals surface area (Å²) >= 11 is 1.32. The summed E-state index contributed by atoms with van der Waals surface area (Å²) in [7, 11) is 0. The highest BCUT2D eigenvalue weighted by Crippen LogP contribution is 2.37. The van der Waals surface area contributed by atoms with E-state index in [2.05, 4.69) is 20.8 Å². The molecule has 4 aromatic rings. The first kappa shape index (κ1) is 20.0. The van der Waals surface area contributed by atoms with Gasteiger partial charge in [0, 0.05) is 28.2 Å². The van der Waals surface area contributed by atoms with Gasteiger partial charge in [-0.3, -0.25) is 20.4 Å². The Morgan fingerprint density at radius 1 is 0.906 bits per heavy atom. The van der Waals surface area contributed by atoms with Crippen molar-refractivity contribution in [3.8, 4) is 11.5 Å². The van der Waals surface area contributed by atoms with Crippen molar-refractivity contribution in [2.24, 2.45) is 0 Å². The number of carbonyl (C=O) groups is 2. The van der Waals surface area contributed by atoms with Crippen molar-refractivity contribution in [2.45, 2.75) is 9.92 Å². The number of hydrazine groups is 1. The zero-order chi connectivity index (χ0) is 21.9. The van der Waals surface area contributed by atoms with E-state index in [1.165, 1.54) is 11.8 Å². The minimum Gasteiger partial charge on any atom is -0.486 e. The van der Waals surface area contributed by atoms with Gasteiger partial charge >= 0.3 is 0 Å². The maximum absolute atomic E-state index is 12.8. The van der Waals surface area contributed by atoms with Crippen LogP contribution in [0.25, 0.3) is 10.9 Å². The first-order chi connectivity index (χ1) is 15.7. The third-order valence-corrected chi connectivity index (χ3v) is 5.88. The summed E-state index contributed by atoms with van der Waals surface area (Å²) in [6, 6.07) is 16.3. The lowest BCUT2D eigenvalue weighted by molar-refractivity contribution is 0.0845. The molecule has 0 unspecified atom stereocenters. The van der Waals surface area contributed by atoms with Crippen molar-refractivity contribution >= 4 is 34.5 Å². The standard InChI is InChI=1S/C23H18N4O4S/c28-21(26-27-22(29)17-13-25-18-6-2-1-4-15(17)18)16-5-3-9-24-23(16)32-14-7-8-19-20(12-14)31-11-10-30-19/h1-9,12-13,25H,10-11H2,(H,26,28)(H,27,29). The summed E-state index contributed by atoms with van der Waals surface area (Å²) in [6.07, 6.45) is 3.22. The van der Waals surface area contributed by atoms with Crippen LogP contribution in [-0.2, 0) is 0 Å². The molecule has 0 aliphatic carbocycles. The van der Waals surface area contributed by atoms with Gasteiger partial charge in [0.25, 0.3) is 11.8 Å². The molecule has 9 heteroatoms. The average Bonchev–Trinajstić information content (AvgIpc) is 3.27. The quantitative estimate of drug-likeness (QED) is 0.414. The van der Waals surface area contributed by atoms with E-state index in [4.69, 9.17) is 9.47 Å². The Kier molecular flexibility index (Phi) is 5.39. The molecule has 0 spiro atoms. The van der Waals surface area contributed by atoms with Crippen LogP contribution in [0.4, 0.5) is 0 Å². The van der Waals surface area contributed by atoms with E-state index in [1.54, 1.807) is 24.5 Å². The van der Waals surface area contributed by atoms with Crippen LogP contribution < -0.4 is 20.3 Å². The molecular weight excluding hydrogens is 428 g/mol. The molecule has 0 bridgehead atoms. The lowest BCUT2D eigenvalue weighted by Crippen LogP contribution is -2.41. The van der Waals surface area contributed by atoms with Crippen molar-refractivity contribution in [3.05, 3.63) is 78.1 Å². The number of fused-ring (bicyclic) bond motifs is 2. The Labute approximate surface area is 187 Å². The van der Waals surface area contributed by atoms with Gasteiger partial charge in [-0.2, -0.15) is 0 Å². The van der Waals surface area contributed by atoms with Crippen molar-refractivity contribution < 1.29 is 19.1 Å². The van der Waals surface area contributed by atoms with E-state index < -0.39 is 11.8 Å². The number of para-hydroxylation sites is 1. The Morgan fingerprint density at radius 2 is 1.69 bits per heavy atom. The molecule has 5 rings (SSSR count). The van der Waals surface area contributed by atoms with E-state index in [9.17, 15) is 9.59 Å². The Balaban J connectivity index is 1.30. The fraction of sp³-hybridized carbons (Fsp3) is 0.0870. The molecule has 0 fully saturated rings. The number of aromatic amines is 1. The van der Waals surface area contributed by atoms with Gasteiger partial charge in [-0.05, 0) is 36.4 Å². The summed E-state index contributed by atoms with van der Waals surface area (Å²) in [5.74, 6) is 0.473. The van der Waals surface area contributed by atoms with Crippen LogP contribution in [-0.4, -0.2) is 35.0 Å². The van der Waals surface area contributed by atoms with E-state index in [0.717, 1.165) is 15.8 Å². The second-order valence-corrected chi connectivity index (χ2v) is 7.98. The number of benzene rings is 2. The van der Waals surface area contributed by atoms with Gasteiger partial charge in [0.1, 0.15) is 18.2 Å². The Morgan fingerprint density at radius 3 is 2.56 bits per heavy atom. The largest absolute Gasteiger partial charge is 0.486 e. The topological polar surface area (TPSA) is 105 Å². The average molecular weight is 446 g/mol. The van der Waals surface area contributed by atoms with Crippen LogP contribution in [0.3, 0.4) is 0 Å². The SMILES string of the molecule is O=C(NNC(=O)c1c[nH]c2ccccc12)c1cccnc1Sc1ccc2c(c1)OCCO2. The van der Waals surface area contributed by atoms with Crippen LogP contribution in [0.2, 0.25) is 0 Å². The number of pyridine rings is 1. The number of aromatic nitrogens is 2. The smallest absolute Gasteiger partial charge is 0.272 e. The maximum Gasteiger partial charge on any atom is 0.272 e. The Bertz CT molecular complexity index is 1320. The molecule has 8 nitrogen and oxygen atoms in total. The lowest BCUT2D eigenvalue weighted by atomic mass is 10.2. The molecule has 32 heavy (non-hydrogen) atoms. The minimum atomic E-state index is -0.466. The van der Waals surface area contributed by atoms with Gasteiger partial charge in [-0.1, -0.05) is 30.0 Å². The second-order valence-electron chi connectivity index (χ2n) is 6.92. The van der Waals surface area contributed by atoms with Crippen LogP contribution in [0.15, 0.2) is 76.9 Å². The molecular formula is C23H18N4O4S. The molecule has 0 saturated carbocycles. The number of nitrogens with one attached hydrogen (secondary N) is 3. The summed E-state index contributed by atoms with van der Waals surface area (Å²) in [4.78, 5) is 33.6. The van der Waals surface area contributed by atoms with Gasteiger partial charge < -0.3 is 14.5 Å². The highest BCUT2D eigenvalue weighted by atomic mass is 32.2. The number of H-pyrrole nitrogens is 1. The molecule has 160 valence electrons. The Hall–Kier alpha value is -3.98. The highest BCUT2D eigenvalue weighted by molar-refractivity contribution is 7.99. The summed E-state index contributed by atoms with van der Waals surface area (Å²) in [5, 5.41) is 1.28. The van der Waals surface area contributed by atoms with Gasteiger partial charge in [-0.25, -0.2) is 4.98 Å². The molecule has 0 radical (unpaired) electrons. The second kappa shape index (κ2) is 8.64. The van der Waals surface area contributed by atoms with Crippen molar-refractivity contribution in [3.63, 3.8) is 0 Å². The first-order valence-corrected chi connectivity index (χ1v) is 10.7. The number of nitrogens with zero attached hydrogens (tertiary/aromatic N) is 1. The van der Waals surface area contributed by atoms with Gasteiger partial charge in [-0.15, -0.1) is 0 Å². The fourth-order valence-corrected chi connectivity index (χ4v) is 4.26. The first-order valence-electron chi connectivity index (χ1n) is 9.88. The minimum absolute atomic E-state index is 0.339. The van der Waals surface area contributed by atoms with Crippen molar-refractivity contribution in [1.82, 2.24) is 20.8 Å². The van der Waals surface area contributed by atoms with Crippen LogP contribution in [0.5, 0.6) is 11.5 Å². The maximum atomic E-state index is 12.8. The van der Waals surface area contributed by atoms with Crippen LogP contribution in [0.1, 0.15) is 20.7 Å². The predicted molar refractivity (Wildman–Crippen MR) is 119 cm³/mol. The van der Waals surface area contributed by atoms with E-state index in [-0.39, 0.29) is 0 Å². The molecule has 3 heterocycles. The number of carbonyl (C=O) groups excluding carboxylic acids is 2. The van der Waals surface area contributed by atoms with Gasteiger partial charge in [0.05, 0.1) is 11.1 Å². The van der Waals surface area contributed by atoms with Crippen LogP contribution in [0, 0.1) is 0 Å². The number of hydrogen-bond acceptors (Lipinski definition) is 6. The predicted octanol–water partition coefficient (Wildman–Crippen LogP) is 3.56. The number of ether oxygens (including phenoxy) is 2. The lowest BCUT2D eigenvalue weighted by Gasteiger charge is -2.18. The van der Waals surface area contributed by atoms with Crippen LogP contribution >= 0.6 is 11.8 Å². The molecule has 2 amide bonds. The van der Waals surface area contributed by atoms with Crippen molar-refractivity contribution in [1.29, 1.82) is 0 Å². The molecule has 2 aromatic heterocycles. The normalized spacial score (nSPS) is 12.4. The zero-order valence-corrected chi connectivity index (χ0v) is 17.6. The number of rotatable bonds is 4.